The molecule has 5 atom stereocenters. The number of rotatable bonds is 4. The molecule has 2 aliphatic rings. The van der Waals surface area contributed by atoms with Gasteiger partial charge in [-0.2, -0.15) is 0 Å². The number of benzene rings is 1. The molecule has 4 heteroatoms. The number of carbonyl (C=O) groups is 1. The molecule has 0 aliphatic heterocycles. The lowest BCUT2D eigenvalue weighted by Gasteiger charge is -2.31. The van der Waals surface area contributed by atoms with E-state index in [0.717, 1.165) is 17.3 Å². The van der Waals surface area contributed by atoms with Crippen LogP contribution in [0.3, 0.4) is 0 Å². The third-order valence-corrected chi connectivity index (χ3v) is 5.54. The Morgan fingerprint density at radius 2 is 1.95 bits per heavy atom. The molecule has 0 radical (unpaired) electrons. The molecule has 20 heavy (non-hydrogen) atoms. The predicted molar refractivity (Wildman–Crippen MR) is 81.4 cm³/mol. The summed E-state index contributed by atoms with van der Waals surface area (Å²) in [5, 5.41) is 13.1. The molecular weight excluding hydrogens is 318 g/mol. The normalized spacial score (nSPS) is 33.3. The molecule has 3 rings (SSSR count). The number of halogens is 1. The van der Waals surface area contributed by atoms with Gasteiger partial charge in [0.15, 0.2) is 0 Å². The van der Waals surface area contributed by atoms with Crippen LogP contribution in [0.1, 0.15) is 37.8 Å². The minimum atomic E-state index is -0.627. The minimum Gasteiger partial charge on any atom is -0.481 e. The van der Waals surface area contributed by atoms with Crippen molar-refractivity contribution in [2.75, 3.05) is 0 Å². The monoisotopic (exact) mass is 337 g/mol. The Kier molecular flexibility index (Phi) is 3.87. The van der Waals surface area contributed by atoms with E-state index in [1.54, 1.807) is 0 Å². The highest BCUT2D eigenvalue weighted by atomic mass is 79.9. The molecule has 2 saturated carbocycles. The largest absolute Gasteiger partial charge is 0.481 e. The Morgan fingerprint density at radius 1 is 1.30 bits per heavy atom. The summed E-state index contributed by atoms with van der Waals surface area (Å²) < 4.78 is 1.07. The van der Waals surface area contributed by atoms with Gasteiger partial charge in [-0.15, -0.1) is 0 Å². The molecule has 0 amide bonds. The van der Waals surface area contributed by atoms with E-state index in [1.165, 1.54) is 12.0 Å². The van der Waals surface area contributed by atoms with Crippen molar-refractivity contribution in [3.05, 3.63) is 34.3 Å². The van der Waals surface area contributed by atoms with Crippen LogP contribution in [0.5, 0.6) is 0 Å². The highest BCUT2D eigenvalue weighted by molar-refractivity contribution is 9.10. The highest BCUT2D eigenvalue weighted by Gasteiger charge is 2.51. The Balaban J connectivity index is 1.73. The fraction of sp³-hybridized carbons (Fsp3) is 0.562. The Bertz CT molecular complexity index is 502. The number of hydrogen-bond acceptors (Lipinski definition) is 2. The zero-order chi connectivity index (χ0) is 14.3. The van der Waals surface area contributed by atoms with Crippen LogP contribution < -0.4 is 5.32 Å². The first-order chi connectivity index (χ1) is 9.56. The van der Waals surface area contributed by atoms with Crippen molar-refractivity contribution in [1.82, 2.24) is 5.32 Å². The van der Waals surface area contributed by atoms with Crippen molar-refractivity contribution in [2.24, 2.45) is 17.8 Å². The lowest BCUT2D eigenvalue weighted by atomic mass is 9.84. The molecular formula is C16H20BrNO2. The molecule has 1 aromatic carbocycles. The maximum absolute atomic E-state index is 11.5. The van der Waals surface area contributed by atoms with Crippen molar-refractivity contribution in [2.45, 2.75) is 38.3 Å². The van der Waals surface area contributed by atoms with Crippen molar-refractivity contribution >= 4 is 21.9 Å². The second kappa shape index (κ2) is 5.49. The van der Waals surface area contributed by atoms with Gasteiger partial charge in [-0.3, -0.25) is 4.79 Å². The van der Waals surface area contributed by atoms with E-state index in [2.05, 4.69) is 40.3 Å². The molecule has 0 heterocycles. The summed E-state index contributed by atoms with van der Waals surface area (Å²) in [7, 11) is 0. The third-order valence-electron chi connectivity index (χ3n) is 5.01. The van der Waals surface area contributed by atoms with E-state index in [1.807, 2.05) is 12.1 Å². The number of fused-ring (bicyclic) bond motifs is 2. The number of carboxylic acids is 1. The predicted octanol–water partition coefficient (Wildman–Crippen LogP) is 3.60. The summed E-state index contributed by atoms with van der Waals surface area (Å²) >= 11 is 3.44. The van der Waals surface area contributed by atoms with Crippen molar-refractivity contribution < 1.29 is 9.90 Å². The lowest BCUT2D eigenvalue weighted by molar-refractivity contribution is -0.144. The van der Waals surface area contributed by atoms with Gasteiger partial charge in [0.25, 0.3) is 0 Å². The number of nitrogens with one attached hydrogen (secondary N) is 1. The zero-order valence-electron chi connectivity index (χ0n) is 11.6. The van der Waals surface area contributed by atoms with Crippen molar-refractivity contribution in [1.29, 1.82) is 0 Å². The number of hydrogen-bond donors (Lipinski definition) is 2. The van der Waals surface area contributed by atoms with Gasteiger partial charge in [0.2, 0.25) is 0 Å². The van der Waals surface area contributed by atoms with E-state index >= 15 is 0 Å². The summed E-state index contributed by atoms with van der Waals surface area (Å²) in [6, 6.07) is 8.56. The van der Waals surface area contributed by atoms with Crippen molar-refractivity contribution in [3.63, 3.8) is 0 Å². The Morgan fingerprint density at radius 3 is 2.60 bits per heavy atom. The molecule has 2 fully saturated rings. The maximum Gasteiger partial charge on any atom is 0.308 e. The standard InChI is InChI=1S/C16H20BrNO2/c1-9(10-4-6-13(17)7-5-10)18-15-12-3-2-11(8-12)14(15)16(19)20/h4-7,9,11-12,14-15,18H,2-3,8H2,1H3,(H,19,20). The summed E-state index contributed by atoms with van der Waals surface area (Å²) in [6.45, 7) is 2.12. The van der Waals surface area contributed by atoms with E-state index in [-0.39, 0.29) is 18.0 Å². The zero-order valence-corrected chi connectivity index (χ0v) is 13.1. The van der Waals surface area contributed by atoms with Gasteiger partial charge in [0.05, 0.1) is 5.92 Å². The molecule has 2 bridgehead atoms. The first kappa shape index (κ1) is 14.1. The smallest absolute Gasteiger partial charge is 0.308 e. The van der Waals surface area contributed by atoms with E-state index in [9.17, 15) is 9.90 Å². The Labute approximate surface area is 127 Å². The number of aliphatic carboxylic acids is 1. The molecule has 108 valence electrons. The SMILES string of the molecule is CC(NC1C2CCC(C2)C1C(=O)O)c1ccc(Br)cc1. The molecule has 5 unspecified atom stereocenters. The van der Waals surface area contributed by atoms with E-state index in [4.69, 9.17) is 0 Å². The Hall–Kier alpha value is -0.870. The van der Waals surface area contributed by atoms with Gasteiger partial charge >= 0.3 is 5.97 Å². The average Bonchev–Trinajstić information content (AvgIpc) is 3.00. The molecule has 0 saturated heterocycles. The summed E-state index contributed by atoms with van der Waals surface area (Å²) in [6.07, 6.45) is 3.35. The van der Waals surface area contributed by atoms with Crippen LogP contribution >= 0.6 is 15.9 Å². The first-order valence-corrected chi connectivity index (χ1v) is 8.10. The van der Waals surface area contributed by atoms with Crippen LogP contribution in [0.2, 0.25) is 0 Å². The van der Waals surface area contributed by atoms with Crippen LogP contribution in [0.25, 0.3) is 0 Å². The quantitative estimate of drug-likeness (QED) is 0.882. The molecule has 1 aromatic rings. The van der Waals surface area contributed by atoms with Crippen LogP contribution in [-0.4, -0.2) is 17.1 Å². The highest BCUT2D eigenvalue weighted by Crippen LogP contribution is 2.49. The average molecular weight is 338 g/mol. The van der Waals surface area contributed by atoms with Gasteiger partial charge in [-0.05, 0) is 55.7 Å². The van der Waals surface area contributed by atoms with Crippen LogP contribution in [0, 0.1) is 17.8 Å². The van der Waals surface area contributed by atoms with E-state index in [0.29, 0.717) is 11.8 Å². The first-order valence-electron chi connectivity index (χ1n) is 7.30. The third kappa shape index (κ3) is 2.51. The van der Waals surface area contributed by atoms with Gasteiger partial charge in [0, 0.05) is 16.6 Å². The molecule has 0 spiro atoms. The fourth-order valence-corrected chi connectivity index (χ4v) is 4.29. The summed E-state index contributed by atoms with van der Waals surface area (Å²) in [4.78, 5) is 11.5. The van der Waals surface area contributed by atoms with Gasteiger partial charge in [-0.1, -0.05) is 28.1 Å². The van der Waals surface area contributed by atoms with Gasteiger partial charge in [-0.25, -0.2) is 0 Å². The van der Waals surface area contributed by atoms with Gasteiger partial charge < -0.3 is 10.4 Å². The van der Waals surface area contributed by atoms with Crippen LogP contribution in [-0.2, 0) is 4.79 Å². The van der Waals surface area contributed by atoms with Gasteiger partial charge in [0.1, 0.15) is 0 Å². The second-order valence-electron chi connectivity index (χ2n) is 6.16. The molecule has 0 aromatic heterocycles. The fourth-order valence-electron chi connectivity index (χ4n) is 4.02. The number of carboxylic acid groups (broad SMARTS) is 1. The molecule has 3 nitrogen and oxygen atoms in total. The molecule has 2 aliphatic carbocycles. The lowest BCUT2D eigenvalue weighted by Crippen LogP contribution is -2.45. The second-order valence-corrected chi connectivity index (χ2v) is 7.08. The van der Waals surface area contributed by atoms with Crippen LogP contribution in [0.4, 0.5) is 0 Å². The summed E-state index contributed by atoms with van der Waals surface area (Å²) in [5.74, 6) is 0.0930. The van der Waals surface area contributed by atoms with E-state index < -0.39 is 5.97 Å². The van der Waals surface area contributed by atoms with Crippen molar-refractivity contribution in [3.8, 4) is 0 Å². The maximum atomic E-state index is 11.5. The topological polar surface area (TPSA) is 49.3 Å². The molecule has 2 N–H and O–H groups in total. The minimum absolute atomic E-state index is 0.130. The van der Waals surface area contributed by atoms with Crippen LogP contribution in [0.15, 0.2) is 28.7 Å². The summed E-state index contributed by atoms with van der Waals surface area (Å²) in [5.41, 5.74) is 1.21.